The van der Waals surface area contributed by atoms with Crippen molar-refractivity contribution >= 4 is 5.97 Å². The molecule has 126 valence electrons. The van der Waals surface area contributed by atoms with Crippen LogP contribution in [0.4, 0.5) is 0 Å². The highest BCUT2D eigenvalue weighted by Crippen LogP contribution is 2.19. The lowest BCUT2D eigenvalue weighted by Gasteiger charge is -2.22. The molecule has 0 aliphatic carbocycles. The number of carbonyl (C=O) groups is 1. The summed E-state index contributed by atoms with van der Waals surface area (Å²) in [4.78, 5) is 23.9. The second-order valence-electron chi connectivity index (χ2n) is 6.17. The Labute approximate surface area is 139 Å². The number of aryl methyl sites for hydroxylation is 1. The third kappa shape index (κ3) is 3.54. The Morgan fingerprint density at radius 2 is 1.96 bits per heavy atom. The van der Waals surface area contributed by atoms with Gasteiger partial charge in [-0.2, -0.15) is 5.10 Å². The van der Waals surface area contributed by atoms with Gasteiger partial charge in [-0.1, -0.05) is 29.8 Å². The second kappa shape index (κ2) is 6.97. The Kier molecular flexibility index (Phi) is 4.76. The molecular formula is C18H20N2O4. The fraction of sp³-hybridized carbons (Fsp3) is 0.389. The van der Waals surface area contributed by atoms with Crippen LogP contribution in [0.25, 0.3) is 11.1 Å². The normalized spacial score (nSPS) is 15.4. The fourth-order valence-electron chi connectivity index (χ4n) is 2.90. The SMILES string of the molecule is Cc1ccc(-c2cn(CC3CCOCC3)nc(C(=O)O)c2=O)cc1. The summed E-state index contributed by atoms with van der Waals surface area (Å²) in [5.74, 6) is -0.920. The maximum Gasteiger partial charge on any atom is 0.360 e. The summed E-state index contributed by atoms with van der Waals surface area (Å²) in [5, 5.41) is 13.3. The zero-order valence-electron chi connectivity index (χ0n) is 13.6. The maximum atomic E-state index is 12.5. The molecule has 0 radical (unpaired) electrons. The van der Waals surface area contributed by atoms with Crippen molar-refractivity contribution in [3.8, 4) is 11.1 Å². The van der Waals surface area contributed by atoms with Crippen molar-refractivity contribution in [1.29, 1.82) is 0 Å². The molecule has 1 aliphatic heterocycles. The molecule has 24 heavy (non-hydrogen) atoms. The summed E-state index contributed by atoms with van der Waals surface area (Å²) in [7, 11) is 0. The topological polar surface area (TPSA) is 81.4 Å². The molecule has 0 bridgehead atoms. The summed E-state index contributed by atoms with van der Waals surface area (Å²) < 4.78 is 6.94. The number of hydrogen-bond donors (Lipinski definition) is 1. The molecule has 2 aromatic rings. The average molecular weight is 328 g/mol. The van der Waals surface area contributed by atoms with Crippen LogP contribution in [0.2, 0.25) is 0 Å². The van der Waals surface area contributed by atoms with E-state index in [4.69, 9.17) is 4.74 Å². The Morgan fingerprint density at radius 3 is 2.58 bits per heavy atom. The summed E-state index contributed by atoms with van der Waals surface area (Å²) >= 11 is 0. The molecule has 1 aromatic carbocycles. The molecule has 6 heteroatoms. The molecule has 1 aliphatic rings. The van der Waals surface area contributed by atoms with E-state index in [0.717, 1.165) is 18.4 Å². The number of aromatic carboxylic acids is 1. The van der Waals surface area contributed by atoms with Gasteiger partial charge in [-0.15, -0.1) is 0 Å². The summed E-state index contributed by atoms with van der Waals surface area (Å²) in [6.07, 6.45) is 3.49. The first-order chi connectivity index (χ1) is 11.5. The second-order valence-corrected chi connectivity index (χ2v) is 6.17. The molecule has 1 aromatic heterocycles. The summed E-state index contributed by atoms with van der Waals surface area (Å²) in [6, 6.07) is 7.46. The van der Waals surface area contributed by atoms with Crippen molar-refractivity contribution in [3.63, 3.8) is 0 Å². The Balaban J connectivity index is 2.01. The Bertz CT molecular complexity index is 790. The number of nitrogens with zero attached hydrogens (tertiary/aromatic N) is 2. The molecule has 2 heterocycles. The van der Waals surface area contributed by atoms with E-state index >= 15 is 0 Å². The molecule has 1 N–H and O–H groups in total. The number of carboxylic acids is 1. The van der Waals surface area contributed by atoms with E-state index in [1.54, 1.807) is 10.9 Å². The third-order valence-corrected chi connectivity index (χ3v) is 4.32. The van der Waals surface area contributed by atoms with Gasteiger partial charge in [0.2, 0.25) is 11.1 Å². The molecule has 0 unspecified atom stereocenters. The van der Waals surface area contributed by atoms with Gasteiger partial charge >= 0.3 is 5.97 Å². The quantitative estimate of drug-likeness (QED) is 0.931. The van der Waals surface area contributed by atoms with Crippen LogP contribution in [0, 0.1) is 12.8 Å². The first kappa shape index (κ1) is 16.4. The standard InChI is InChI=1S/C18H20N2O4/c1-12-2-4-14(5-3-12)15-11-20(10-13-6-8-24-9-7-13)19-16(17(15)21)18(22)23/h2-5,11,13H,6-10H2,1H3,(H,22,23). The van der Waals surface area contributed by atoms with Crippen LogP contribution in [0.5, 0.6) is 0 Å². The van der Waals surface area contributed by atoms with Gasteiger partial charge in [-0.05, 0) is 31.2 Å². The smallest absolute Gasteiger partial charge is 0.360 e. The van der Waals surface area contributed by atoms with Crippen LogP contribution in [0.3, 0.4) is 0 Å². The van der Waals surface area contributed by atoms with E-state index in [0.29, 0.717) is 36.8 Å². The molecule has 0 saturated carbocycles. The van der Waals surface area contributed by atoms with Crippen molar-refractivity contribution in [2.24, 2.45) is 5.92 Å². The van der Waals surface area contributed by atoms with Gasteiger partial charge in [0.05, 0.1) is 0 Å². The first-order valence-corrected chi connectivity index (χ1v) is 8.04. The summed E-state index contributed by atoms with van der Waals surface area (Å²) in [6.45, 7) is 3.97. The van der Waals surface area contributed by atoms with Crippen molar-refractivity contribution in [1.82, 2.24) is 9.78 Å². The number of hydrogen-bond acceptors (Lipinski definition) is 4. The van der Waals surface area contributed by atoms with E-state index in [1.165, 1.54) is 0 Å². The zero-order chi connectivity index (χ0) is 17.1. The highest BCUT2D eigenvalue weighted by atomic mass is 16.5. The number of carboxylic acid groups (broad SMARTS) is 1. The van der Waals surface area contributed by atoms with Crippen molar-refractivity contribution in [3.05, 3.63) is 51.9 Å². The van der Waals surface area contributed by atoms with E-state index in [2.05, 4.69) is 5.10 Å². The molecule has 6 nitrogen and oxygen atoms in total. The van der Waals surface area contributed by atoms with E-state index < -0.39 is 17.1 Å². The predicted octanol–water partition coefficient (Wildman–Crippen LogP) is 2.34. The van der Waals surface area contributed by atoms with Crippen molar-refractivity contribution < 1.29 is 14.6 Å². The van der Waals surface area contributed by atoms with Crippen LogP contribution in [0.1, 0.15) is 28.9 Å². The largest absolute Gasteiger partial charge is 0.476 e. The lowest BCUT2D eigenvalue weighted by molar-refractivity contribution is 0.0592. The van der Waals surface area contributed by atoms with Gasteiger partial charge < -0.3 is 9.84 Å². The van der Waals surface area contributed by atoms with Crippen LogP contribution >= 0.6 is 0 Å². The highest BCUT2D eigenvalue weighted by Gasteiger charge is 2.20. The number of aromatic nitrogens is 2. The van der Waals surface area contributed by atoms with Gasteiger partial charge in [0.15, 0.2) is 0 Å². The highest BCUT2D eigenvalue weighted by molar-refractivity contribution is 5.86. The van der Waals surface area contributed by atoms with Gasteiger partial charge in [-0.3, -0.25) is 9.48 Å². The number of rotatable bonds is 4. The molecule has 0 amide bonds. The number of benzene rings is 1. The van der Waals surface area contributed by atoms with E-state index in [9.17, 15) is 14.7 Å². The predicted molar refractivity (Wildman–Crippen MR) is 89.2 cm³/mol. The van der Waals surface area contributed by atoms with Gasteiger partial charge in [-0.25, -0.2) is 4.79 Å². The summed E-state index contributed by atoms with van der Waals surface area (Å²) in [5.41, 5.74) is 1.18. The van der Waals surface area contributed by atoms with Crippen LogP contribution in [0.15, 0.2) is 35.3 Å². The minimum absolute atomic E-state index is 0.370. The minimum atomic E-state index is -1.30. The first-order valence-electron chi connectivity index (χ1n) is 8.04. The van der Waals surface area contributed by atoms with Crippen LogP contribution in [-0.2, 0) is 11.3 Å². The molecule has 0 spiro atoms. The van der Waals surface area contributed by atoms with Crippen LogP contribution < -0.4 is 5.43 Å². The fourth-order valence-corrected chi connectivity index (χ4v) is 2.90. The average Bonchev–Trinajstić information content (AvgIpc) is 2.58. The minimum Gasteiger partial charge on any atom is -0.476 e. The monoisotopic (exact) mass is 328 g/mol. The lowest BCUT2D eigenvalue weighted by Crippen LogP contribution is -2.27. The van der Waals surface area contributed by atoms with Gasteiger partial charge in [0.1, 0.15) is 0 Å². The van der Waals surface area contributed by atoms with Gasteiger partial charge in [0.25, 0.3) is 0 Å². The molecule has 3 rings (SSSR count). The third-order valence-electron chi connectivity index (χ3n) is 4.32. The molecule has 1 saturated heterocycles. The van der Waals surface area contributed by atoms with Crippen LogP contribution in [-0.4, -0.2) is 34.1 Å². The number of ether oxygens (including phenoxy) is 1. The maximum absolute atomic E-state index is 12.5. The lowest BCUT2D eigenvalue weighted by atomic mass is 10.0. The Morgan fingerprint density at radius 1 is 1.29 bits per heavy atom. The molecule has 1 fully saturated rings. The van der Waals surface area contributed by atoms with E-state index in [-0.39, 0.29) is 0 Å². The van der Waals surface area contributed by atoms with E-state index in [1.807, 2.05) is 31.2 Å². The Hall–Kier alpha value is -2.47. The van der Waals surface area contributed by atoms with Crippen molar-refractivity contribution in [2.75, 3.05) is 13.2 Å². The molecular weight excluding hydrogens is 308 g/mol. The zero-order valence-corrected chi connectivity index (χ0v) is 13.6. The van der Waals surface area contributed by atoms with Gasteiger partial charge in [0, 0.05) is 31.5 Å². The molecule has 0 atom stereocenters. The van der Waals surface area contributed by atoms with Crippen molar-refractivity contribution in [2.45, 2.75) is 26.3 Å².